The summed E-state index contributed by atoms with van der Waals surface area (Å²) in [5, 5.41) is 10.6. The van der Waals surface area contributed by atoms with Crippen LogP contribution in [0.2, 0.25) is 5.02 Å². The highest BCUT2D eigenvalue weighted by atomic mass is 35.5. The maximum absolute atomic E-state index is 12.9. The number of hydrogen-bond donors (Lipinski definition) is 1. The van der Waals surface area contributed by atoms with Gasteiger partial charge >= 0.3 is 6.18 Å². The van der Waals surface area contributed by atoms with Gasteiger partial charge in [0, 0.05) is 0 Å². The van der Waals surface area contributed by atoms with E-state index >= 15 is 0 Å². The normalized spacial score (nSPS) is 11.7. The van der Waals surface area contributed by atoms with Crippen LogP contribution in [0, 0.1) is 6.92 Å². The molecule has 0 aliphatic heterocycles. The number of hydrogen-bond acceptors (Lipinski definition) is 5. The number of anilines is 1. The number of aromatic nitrogens is 5. The Hall–Kier alpha value is -3.73. The van der Waals surface area contributed by atoms with Gasteiger partial charge in [0.2, 0.25) is 5.91 Å². The second kappa shape index (κ2) is 8.66. The van der Waals surface area contributed by atoms with Gasteiger partial charge in [-0.2, -0.15) is 13.2 Å². The van der Waals surface area contributed by atoms with E-state index in [0.717, 1.165) is 28.6 Å². The van der Waals surface area contributed by atoms with Gasteiger partial charge in [0.1, 0.15) is 12.9 Å². The summed E-state index contributed by atoms with van der Waals surface area (Å²) in [6, 6.07) is 9.88. The van der Waals surface area contributed by atoms with Crippen molar-refractivity contribution in [2.75, 3.05) is 5.32 Å². The summed E-state index contributed by atoms with van der Waals surface area (Å²) in [4.78, 5) is 29.2. The molecule has 2 aromatic heterocycles. The van der Waals surface area contributed by atoms with Gasteiger partial charge in [0.15, 0.2) is 11.2 Å². The zero-order chi connectivity index (χ0) is 23.8. The van der Waals surface area contributed by atoms with Crippen LogP contribution >= 0.6 is 11.6 Å². The molecule has 0 radical (unpaired) electrons. The molecule has 0 saturated carbocycles. The minimum atomic E-state index is -4.48. The van der Waals surface area contributed by atoms with Crippen molar-refractivity contribution >= 4 is 34.4 Å². The lowest BCUT2D eigenvalue weighted by Gasteiger charge is -2.10. The lowest BCUT2D eigenvalue weighted by Crippen LogP contribution is -2.28. The predicted molar refractivity (Wildman–Crippen MR) is 115 cm³/mol. The van der Waals surface area contributed by atoms with Gasteiger partial charge in [0.25, 0.3) is 5.56 Å². The zero-order valence-electron chi connectivity index (χ0n) is 17.1. The molecule has 2 aromatic carbocycles. The van der Waals surface area contributed by atoms with Crippen molar-refractivity contribution in [3.05, 3.63) is 80.9 Å². The summed E-state index contributed by atoms with van der Waals surface area (Å²) in [7, 11) is 0. The van der Waals surface area contributed by atoms with Crippen LogP contribution in [0.1, 0.15) is 16.7 Å². The van der Waals surface area contributed by atoms with Crippen molar-refractivity contribution in [1.29, 1.82) is 0 Å². The van der Waals surface area contributed by atoms with Crippen LogP contribution in [-0.4, -0.2) is 30.5 Å². The Bertz CT molecular complexity index is 1410. The molecule has 1 N–H and O–H groups in total. The van der Waals surface area contributed by atoms with E-state index in [0.29, 0.717) is 16.3 Å². The highest BCUT2D eigenvalue weighted by molar-refractivity contribution is 6.33. The number of rotatable bonds is 5. The molecule has 0 aliphatic carbocycles. The van der Waals surface area contributed by atoms with E-state index < -0.39 is 23.2 Å². The smallest absolute Gasteiger partial charge is 0.323 e. The molecule has 0 atom stereocenters. The Balaban J connectivity index is 1.55. The minimum absolute atomic E-state index is 0.0662. The van der Waals surface area contributed by atoms with Gasteiger partial charge < -0.3 is 5.32 Å². The van der Waals surface area contributed by atoms with E-state index in [-0.39, 0.29) is 24.3 Å². The highest BCUT2D eigenvalue weighted by Gasteiger charge is 2.30. The van der Waals surface area contributed by atoms with Crippen LogP contribution in [0.15, 0.2) is 53.6 Å². The predicted octanol–water partition coefficient (Wildman–Crippen LogP) is 3.66. The second-order valence-electron chi connectivity index (χ2n) is 7.33. The molecule has 0 saturated heterocycles. The Kier molecular flexibility index (Phi) is 5.90. The topological polar surface area (TPSA) is 94.7 Å². The molecule has 0 fully saturated rings. The van der Waals surface area contributed by atoms with E-state index in [2.05, 4.69) is 20.6 Å². The summed E-state index contributed by atoms with van der Waals surface area (Å²) in [6.45, 7) is 1.45. The first-order valence-electron chi connectivity index (χ1n) is 9.62. The van der Waals surface area contributed by atoms with Crippen LogP contribution in [-0.2, 0) is 24.1 Å². The number of amides is 1. The first-order valence-corrected chi connectivity index (χ1v) is 10.0. The van der Waals surface area contributed by atoms with Gasteiger partial charge in [-0.15, -0.1) is 5.10 Å². The summed E-state index contributed by atoms with van der Waals surface area (Å²) in [5.74, 6) is -0.500. The molecule has 0 spiro atoms. The number of alkyl halides is 3. The number of fused-ring (bicyclic) bond motifs is 1. The van der Waals surface area contributed by atoms with Crippen LogP contribution in [0.3, 0.4) is 0 Å². The molecular weight excluding hydrogens is 461 g/mol. The Morgan fingerprint density at radius 1 is 1.18 bits per heavy atom. The molecule has 4 aromatic rings. The molecule has 12 heteroatoms. The number of benzene rings is 2. The number of halogens is 4. The molecule has 8 nitrogen and oxygen atoms in total. The largest absolute Gasteiger partial charge is 0.416 e. The zero-order valence-corrected chi connectivity index (χ0v) is 17.9. The van der Waals surface area contributed by atoms with Crippen LogP contribution in [0.25, 0.3) is 11.2 Å². The molecule has 4 rings (SSSR count). The molecule has 0 aliphatic rings. The average Bonchev–Trinajstić information content (AvgIpc) is 3.15. The van der Waals surface area contributed by atoms with Crippen molar-refractivity contribution in [3.63, 3.8) is 0 Å². The van der Waals surface area contributed by atoms with Gasteiger partial charge in [0.05, 0.1) is 22.8 Å². The van der Waals surface area contributed by atoms with E-state index in [1.165, 1.54) is 16.8 Å². The van der Waals surface area contributed by atoms with Gasteiger partial charge in [-0.25, -0.2) is 9.67 Å². The highest BCUT2D eigenvalue weighted by Crippen LogP contribution is 2.29. The fraction of sp³-hybridized carbons (Fsp3) is 0.190. The second-order valence-corrected chi connectivity index (χ2v) is 7.73. The third-order valence-electron chi connectivity index (χ3n) is 4.79. The molecule has 33 heavy (non-hydrogen) atoms. The molecule has 2 heterocycles. The quantitative estimate of drug-likeness (QED) is 0.474. The fourth-order valence-corrected chi connectivity index (χ4v) is 3.47. The van der Waals surface area contributed by atoms with Crippen molar-refractivity contribution in [1.82, 2.24) is 24.5 Å². The van der Waals surface area contributed by atoms with Crippen LogP contribution < -0.4 is 10.9 Å². The van der Waals surface area contributed by atoms with Crippen molar-refractivity contribution in [3.8, 4) is 0 Å². The van der Waals surface area contributed by atoms with E-state index in [1.807, 2.05) is 6.92 Å². The first kappa shape index (κ1) is 22.5. The first-order chi connectivity index (χ1) is 15.6. The Labute approximate surface area is 189 Å². The van der Waals surface area contributed by atoms with Crippen molar-refractivity contribution < 1.29 is 18.0 Å². The number of carbonyl (C=O) groups excluding carboxylic acids is 1. The maximum Gasteiger partial charge on any atom is 0.416 e. The standard InChI is InChI=1S/C21H16ClF3N6O2/c1-12-5-6-16(15(22)7-12)27-17(32)10-30-11-26-19-18(20(30)33)28-29-31(19)9-13-3-2-4-14(8-13)21(23,24)25/h2-8,11H,9-10H2,1H3,(H,27,32). The average molecular weight is 477 g/mol. The number of nitrogens with one attached hydrogen (secondary N) is 1. The third-order valence-corrected chi connectivity index (χ3v) is 5.10. The molecule has 170 valence electrons. The monoisotopic (exact) mass is 476 g/mol. The van der Waals surface area contributed by atoms with E-state index in [4.69, 9.17) is 11.6 Å². The van der Waals surface area contributed by atoms with Gasteiger partial charge in [-0.3, -0.25) is 14.2 Å². The molecular formula is C21H16ClF3N6O2. The summed E-state index contributed by atoms with van der Waals surface area (Å²) in [6.07, 6.45) is -3.32. The molecule has 0 bridgehead atoms. The summed E-state index contributed by atoms with van der Waals surface area (Å²) in [5.41, 5.74) is 0.233. The SMILES string of the molecule is Cc1ccc(NC(=O)Cn2cnc3c(nnn3Cc3cccc(C(F)(F)F)c3)c2=O)c(Cl)c1. The van der Waals surface area contributed by atoms with Crippen molar-refractivity contribution in [2.45, 2.75) is 26.2 Å². The van der Waals surface area contributed by atoms with E-state index in [9.17, 15) is 22.8 Å². The van der Waals surface area contributed by atoms with Crippen LogP contribution in [0.4, 0.5) is 18.9 Å². The van der Waals surface area contributed by atoms with Gasteiger partial charge in [-0.05, 0) is 42.3 Å². The third kappa shape index (κ3) is 4.87. The molecule has 0 unspecified atom stereocenters. The lowest BCUT2D eigenvalue weighted by atomic mass is 10.1. The summed E-state index contributed by atoms with van der Waals surface area (Å²) >= 11 is 6.11. The van der Waals surface area contributed by atoms with Crippen molar-refractivity contribution in [2.24, 2.45) is 0 Å². The Morgan fingerprint density at radius 2 is 1.97 bits per heavy atom. The number of aryl methyl sites for hydroxylation is 1. The Morgan fingerprint density at radius 3 is 2.70 bits per heavy atom. The lowest BCUT2D eigenvalue weighted by molar-refractivity contribution is -0.137. The van der Waals surface area contributed by atoms with E-state index in [1.54, 1.807) is 18.2 Å². The molecule has 1 amide bonds. The van der Waals surface area contributed by atoms with Gasteiger partial charge in [-0.1, -0.05) is 35.0 Å². The maximum atomic E-state index is 12.9. The fourth-order valence-electron chi connectivity index (χ4n) is 3.19. The number of nitrogens with zero attached hydrogens (tertiary/aromatic N) is 5. The number of carbonyl (C=O) groups is 1. The summed E-state index contributed by atoms with van der Waals surface area (Å²) < 4.78 is 41.1. The minimum Gasteiger partial charge on any atom is -0.323 e. The van der Waals surface area contributed by atoms with Crippen LogP contribution in [0.5, 0.6) is 0 Å².